The quantitative estimate of drug-likeness (QED) is 0.869. The molecule has 1 unspecified atom stereocenters. The summed E-state index contributed by atoms with van der Waals surface area (Å²) in [7, 11) is 2.03. The minimum Gasteiger partial charge on any atom is -0.354 e. The molecule has 9 heteroatoms. The molecule has 1 fully saturated rings. The maximum absolute atomic E-state index is 4.52. The van der Waals surface area contributed by atoms with Gasteiger partial charge in [-0.25, -0.2) is 4.98 Å². The molecule has 0 saturated carbocycles. The van der Waals surface area contributed by atoms with Gasteiger partial charge in [-0.15, -0.1) is 0 Å². The number of hydrogen-bond donors (Lipinski definition) is 1. The zero-order valence-corrected chi connectivity index (χ0v) is 12.9. The van der Waals surface area contributed by atoms with Gasteiger partial charge in [-0.2, -0.15) is 36.5 Å². The van der Waals surface area contributed by atoms with Crippen LogP contribution in [0.25, 0.3) is 5.95 Å². The first-order valence-electron chi connectivity index (χ1n) is 6.93. The SMILES string of the molecule is CCNc1nc(N(C)C2CCSC2)nc(-n2cncn2)n1. The van der Waals surface area contributed by atoms with Gasteiger partial charge >= 0.3 is 0 Å². The molecule has 1 atom stereocenters. The summed E-state index contributed by atoms with van der Waals surface area (Å²) in [6, 6.07) is 0.468. The number of anilines is 2. The van der Waals surface area contributed by atoms with Gasteiger partial charge in [0.1, 0.15) is 12.7 Å². The molecule has 2 aromatic rings. The van der Waals surface area contributed by atoms with Gasteiger partial charge in [-0.3, -0.25) is 0 Å². The Labute approximate surface area is 127 Å². The van der Waals surface area contributed by atoms with Gasteiger partial charge in [0, 0.05) is 25.4 Å². The first-order chi connectivity index (χ1) is 10.3. The second-order valence-corrected chi connectivity index (χ2v) is 5.91. The summed E-state index contributed by atoms with van der Waals surface area (Å²) in [6.07, 6.45) is 4.20. The first-order valence-corrected chi connectivity index (χ1v) is 8.09. The summed E-state index contributed by atoms with van der Waals surface area (Å²) in [5.74, 6) is 4.00. The van der Waals surface area contributed by atoms with E-state index in [2.05, 4.69) is 35.3 Å². The summed E-state index contributed by atoms with van der Waals surface area (Å²) in [6.45, 7) is 2.76. The molecule has 21 heavy (non-hydrogen) atoms. The molecule has 1 N–H and O–H groups in total. The van der Waals surface area contributed by atoms with Crippen LogP contribution in [0.1, 0.15) is 13.3 Å². The van der Waals surface area contributed by atoms with Crippen molar-refractivity contribution in [1.29, 1.82) is 0 Å². The van der Waals surface area contributed by atoms with Crippen LogP contribution >= 0.6 is 11.8 Å². The molecule has 3 rings (SSSR count). The van der Waals surface area contributed by atoms with Crippen LogP contribution in [0.2, 0.25) is 0 Å². The highest BCUT2D eigenvalue weighted by molar-refractivity contribution is 7.99. The van der Waals surface area contributed by atoms with Crippen LogP contribution in [-0.4, -0.2) is 60.9 Å². The van der Waals surface area contributed by atoms with Crippen molar-refractivity contribution in [2.24, 2.45) is 0 Å². The van der Waals surface area contributed by atoms with Gasteiger partial charge in [-0.05, 0) is 19.1 Å². The van der Waals surface area contributed by atoms with Crippen LogP contribution in [-0.2, 0) is 0 Å². The third-order valence-corrected chi connectivity index (χ3v) is 4.48. The van der Waals surface area contributed by atoms with Gasteiger partial charge in [0.05, 0.1) is 0 Å². The molecule has 0 aliphatic carbocycles. The Balaban J connectivity index is 1.94. The predicted octanol–water partition coefficient (Wildman–Crippen LogP) is 0.826. The topological polar surface area (TPSA) is 84.7 Å². The zero-order valence-electron chi connectivity index (χ0n) is 12.1. The second-order valence-electron chi connectivity index (χ2n) is 4.76. The van der Waals surface area contributed by atoms with E-state index in [0.717, 1.165) is 18.7 Å². The van der Waals surface area contributed by atoms with Crippen molar-refractivity contribution in [3.63, 3.8) is 0 Å². The molecule has 0 amide bonds. The van der Waals surface area contributed by atoms with Crippen molar-refractivity contribution in [3.8, 4) is 5.95 Å². The molecule has 112 valence electrons. The van der Waals surface area contributed by atoms with E-state index in [1.165, 1.54) is 12.1 Å². The summed E-state index contributed by atoms with van der Waals surface area (Å²) < 4.78 is 1.54. The van der Waals surface area contributed by atoms with E-state index in [0.29, 0.717) is 23.9 Å². The lowest BCUT2D eigenvalue weighted by molar-refractivity contribution is 0.673. The Kier molecular flexibility index (Phi) is 4.18. The van der Waals surface area contributed by atoms with Gasteiger partial charge < -0.3 is 10.2 Å². The lowest BCUT2D eigenvalue weighted by Gasteiger charge is -2.24. The van der Waals surface area contributed by atoms with Crippen molar-refractivity contribution in [3.05, 3.63) is 12.7 Å². The van der Waals surface area contributed by atoms with Gasteiger partial charge in [-0.1, -0.05) is 0 Å². The molecule has 0 aromatic carbocycles. The Hall–Kier alpha value is -1.90. The molecule has 2 aromatic heterocycles. The zero-order chi connectivity index (χ0) is 14.7. The monoisotopic (exact) mass is 306 g/mol. The number of aromatic nitrogens is 6. The molecule has 1 aliphatic heterocycles. The number of nitrogens with one attached hydrogen (secondary N) is 1. The number of hydrogen-bond acceptors (Lipinski definition) is 8. The maximum atomic E-state index is 4.52. The van der Waals surface area contributed by atoms with Crippen LogP contribution in [0.5, 0.6) is 0 Å². The fraction of sp³-hybridized carbons (Fsp3) is 0.583. The van der Waals surface area contributed by atoms with Gasteiger partial charge in [0.25, 0.3) is 5.95 Å². The third-order valence-electron chi connectivity index (χ3n) is 3.34. The van der Waals surface area contributed by atoms with Crippen LogP contribution in [0.4, 0.5) is 11.9 Å². The molecule has 0 spiro atoms. The highest BCUT2D eigenvalue weighted by Crippen LogP contribution is 2.24. The largest absolute Gasteiger partial charge is 0.354 e. The molecule has 8 nitrogen and oxygen atoms in total. The first kappa shape index (κ1) is 14.1. The molecular formula is C12H18N8S. The highest BCUT2D eigenvalue weighted by Gasteiger charge is 2.23. The molecule has 0 bridgehead atoms. The average Bonchev–Trinajstić information content (AvgIpc) is 3.19. The van der Waals surface area contributed by atoms with Crippen molar-refractivity contribution in [1.82, 2.24) is 29.7 Å². The van der Waals surface area contributed by atoms with E-state index in [4.69, 9.17) is 0 Å². The van der Waals surface area contributed by atoms with Crippen molar-refractivity contribution in [2.45, 2.75) is 19.4 Å². The fourth-order valence-corrected chi connectivity index (χ4v) is 3.42. The summed E-state index contributed by atoms with van der Waals surface area (Å²) in [5.41, 5.74) is 0. The Morgan fingerprint density at radius 1 is 1.43 bits per heavy atom. The normalized spacial score (nSPS) is 17.9. The van der Waals surface area contributed by atoms with E-state index >= 15 is 0 Å². The van der Waals surface area contributed by atoms with E-state index in [1.807, 2.05) is 25.7 Å². The van der Waals surface area contributed by atoms with Gasteiger partial charge in [0.15, 0.2) is 0 Å². The number of rotatable bonds is 5. The smallest absolute Gasteiger partial charge is 0.258 e. The molecule has 1 aliphatic rings. The van der Waals surface area contributed by atoms with Crippen LogP contribution in [0.3, 0.4) is 0 Å². The summed E-state index contributed by atoms with van der Waals surface area (Å²) in [4.78, 5) is 19.5. The molecule has 0 radical (unpaired) electrons. The lowest BCUT2D eigenvalue weighted by Crippen LogP contribution is -2.33. The van der Waals surface area contributed by atoms with Crippen LogP contribution < -0.4 is 10.2 Å². The summed E-state index contributed by atoms with van der Waals surface area (Å²) >= 11 is 1.97. The summed E-state index contributed by atoms with van der Waals surface area (Å²) in [5, 5.41) is 7.23. The standard InChI is InChI=1S/C12H18N8S/c1-3-14-10-16-11(19(2)9-4-5-21-6-9)18-12(17-10)20-8-13-7-15-20/h7-9H,3-6H2,1-2H3,(H,14,16,17,18). The molecule has 3 heterocycles. The average molecular weight is 306 g/mol. The van der Waals surface area contributed by atoms with Crippen LogP contribution in [0.15, 0.2) is 12.7 Å². The minimum atomic E-state index is 0.468. The van der Waals surface area contributed by atoms with E-state index < -0.39 is 0 Å². The minimum absolute atomic E-state index is 0.468. The van der Waals surface area contributed by atoms with Crippen molar-refractivity contribution < 1.29 is 0 Å². The second kappa shape index (κ2) is 6.25. The van der Waals surface area contributed by atoms with E-state index in [1.54, 1.807) is 11.0 Å². The van der Waals surface area contributed by atoms with E-state index in [9.17, 15) is 0 Å². The van der Waals surface area contributed by atoms with E-state index in [-0.39, 0.29) is 0 Å². The van der Waals surface area contributed by atoms with Gasteiger partial charge in [0.2, 0.25) is 11.9 Å². The van der Waals surface area contributed by atoms with Crippen LogP contribution in [0, 0.1) is 0 Å². The molecule has 1 saturated heterocycles. The lowest BCUT2D eigenvalue weighted by atomic mass is 10.2. The maximum Gasteiger partial charge on any atom is 0.258 e. The van der Waals surface area contributed by atoms with Crippen molar-refractivity contribution in [2.75, 3.05) is 35.3 Å². The Morgan fingerprint density at radius 3 is 3.00 bits per heavy atom. The Bertz CT molecular complexity index is 581. The highest BCUT2D eigenvalue weighted by atomic mass is 32.2. The predicted molar refractivity (Wildman–Crippen MR) is 83.0 cm³/mol. The Morgan fingerprint density at radius 2 is 2.33 bits per heavy atom. The number of thioether (sulfide) groups is 1. The number of nitrogens with zero attached hydrogens (tertiary/aromatic N) is 7. The molecular weight excluding hydrogens is 288 g/mol. The fourth-order valence-electron chi connectivity index (χ4n) is 2.15. The third kappa shape index (κ3) is 3.07. The van der Waals surface area contributed by atoms with Crippen molar-refractivity contribution >= 4 is 23.7 Å².